The zero-order valence-electron chi connectivity index (χ0n) is 46.9. The van der Waals surface area contributed by atoms with Crippen molar-refractivity contribution >= 4 is 81.4 Å². The Bertz CT molecular complexity index is 2700. The van der Waals surface area contributed by atoms with E-state index in [0.29, 0.717) is 162 Å². The topological polar surface area (TPSA) is 284 Å². The lowest BCUT2D eigenvalue weighted by Gasteiger charge is -2.34. The van der Waals surface area contributed by atoms with Gasteiger partial charge in [-0.2, -0.15) is 38.3 Å². The zero-order chi connectivity index (χ0) is 56.7. The number of ether oxygens (including phenoxy) is 2. The number of rotatable bonds is 30. The van der Waals surface area contributed by atoms with E-state index >= 15 is 0 Å². The number of nitrogens with one attached hydrogen (secondary N) is 4. The van der Waals surface area contributed by atoms with Gasteiger partial charge in [0.05, 0.1) is 122 Å². The lowest BCUT2D eigenvalue weighted by Crippen LogP contribution is -2.51. The van der Waals surface area contributed by atoms with Gasteiger partial charge in [-0.1, -0.05) is 29.3 Å². The highest BCUT2D eigenvalue weighted by molar-refractivity contribution is 7.94. The fraction of sp³-hybridized carbons (Fsp3) is 0.600. The van der Waals surface area contributed by atoms with Crippen LogP contribution in [0.5, 0.6) is 0 Å². The third kappa shape index (κ3) is 21.1. The monoisotopic (exact) mass is 1130 g/mol. The molecule has 0 amide bonds. The first-order chi connectivity index (χ1) is 36.7. The van der Waals surface area contributed by atoms with Gasteiger partial charge in [0.2, 0.25) is 35.7 Å². The molecule has 2 aromatic heterocycles. The summed E-state index contributed by atoms with van der Waals surface area (Å²) in [6.45, 7) is 9.68. The highest BCUT2D eigenvalue weighted by Crippen LogP contribution is 2.32. The van der Waals surface area contributed by atoms with Gasteiger partial charge in [-0.25, -0.2) is 5.26 Å². The number of morpholine rings is 2. The summed E-state index contributed by atoms with van der Waals surface area (Å²) in [5.74, 6) is 2.00. The molecule has 78 heavy (non-hydrogen) atoms. The minimum atomic E-state index is -4.77. The molecule has 2 fully saturated rings. The summed E-state index contributed by atoms with van der Waals surface area (Å²) in [7, 11) is 16.0. The van der Waals surface area contributed by atoms with Crippen molar-refractivity contribution in [3.8, 4) is 0 Å². The molecule has 0 radical (unpaired) electrons. The molecule has 0 aliphatic carbocycles. The van der Waals surface area contributed by atoms with Gasteiger partial charge in [-0.15, -0.1) is 4.33 Å². The Balaban J connectivity index is 1.17. The molecule has 432 valence electrons. The number of anilines is 8. The van der Waals surface area contributed by atoms with Gasteiger partial charge < -0.3 is 68.7 Å². The largest absolute Gasteiger partial charge is 0.382 e. The van der Waals surface area contributed by atoms with Crippen molar-refractivity contribution in [3.05, 3.63) is 47.5 Å². The van der Waals surface area contributed by atoms with Gasteiger partial charge in [-0.3, -0.25) is 4.55 Å². The third-order valence-corrected chi connectivity index (χ3v) is 14.2. The van der Waals surface area contributed by atoms with Crippen molar-refractivity contribution in [3.63, 3.8) is 0 Å². The van der Waals surface area contributed by atoms with E-state index in [4.69, 9.17) is 34.0 Å². The van der Waals surface area contributed by atoms with E-state index in [2.05, 4.69) is 112 Å². The lowest BCUT2D eigenvalue weighted by atomic mass is 10.1. The van der Waals surface area contributed by atoms with E-state index in [1.54, 1.807) is 30.3 Å². The minimum absolute atomic E-state index is 0.153. The SMILES string of the molecule is C[N+](C)(C)CC(O)C[N+](C)(C)CCCNc1nc(Nc2ccc(/C=C/c3ccc(Nc4nc(NCCC[N+](C)(C)CC(O)C[N+](C)(C)C)nc(N5CCOCC5)n4)cc3S(=O)(=O)O)c(SOOO)c2)nc(N2CCOCC2)n1. The Morgan fingerprint density at radius 1 is 0.628 bits per heavy atom. The second-order valence-corrected chi connectivity index (χ2v) is 25.2. The number of aliphatic hydroxyl groups excluding tert-OH is 2. The summed E-state index contributed by atoms with van der Waals surface area (Å²) < 4.78 is 55.1. The van der Waals surface area contributed by atoms with Crippen molar-refractivity contribution in [1.29, 1.82) is 0 Å². The van der Waals surface area contributed by atoms with Crippen molar-refractivity contribution in [2.45, 2.75) is 34.8 Å². The number of benzene rings is 2. The fourth-order valence-electron chi connectivity index (χ4n) is 9.21. The lowest BCUT2D eigenvalue weighted by molar-refractivity contribution is -0.907. The second-order valence-electron chi connectivity index (χ2n) is 23.1. The molecule has 2 unspecified atom stereocenters. The number of quaternary nitrogens is 4. The predicted molar refractivity (Wildman–Crippen MR) is 302 cm³/mol. The number of aliphatic hydroxyl groups is 2. The minimum Gasteiger partial charge on any atom is -0.382 e. The summed E-state index contributed by atoms with van der Waals surface area (Å²) in [6.07, 6.45) is 3.84. The molecule has 4 aromatic rings. The molecule has 2 atom stereocenters. The zero-order valence-corrected chi connectivity index (χ0v) is 48.6. The molecule has 0 saturated carbocycles. The van der Waals surface area contributed by atoms with Crippen LogP contribution in [0, 0.1) is 0 Å². The quantitative estimate of drug-likeness (QED) is 0.00709. The maximum absolute atomic E-state index is 13.0. The van der Waals surface area contributed by atoms with Crippen LogP contribution < -0.4 is 31.1 Å². The first-order valence-corrected chi connectivity index (χ1v) is 28.3. The summed E-state index contributed by atoms with van der Waals surface area (Å²) in [5.41, 5.74) is 1.53. The first kappa shape index (κ1) is 62.0. The number of hydrogen-bond donors (Lipinski definition) is 8. The normalized spacial score (nSPS) is 15.9. The van der Waals surface area contributed by atoms with E-state index in [-0.39, 0.29) is 28.0 Å². The summed E-state index contributed by atoms with van der Waals surface area (Å²) in [5, 5.41) is 47.6. The van der Waals surface area contributed by atoms with Gasteiger partial charge >= 0.3 is 0 Å². The molecule has 26 nitrogen and oxygen atoms in total. The Morgan fingerprint density at radius 3 is 1.49 bits per heavy atom. The Labute approximate surface area is 463 Å². The van der Waals surface area contributed by atoms with Crippen LogP contribution in [-0.4, -0.2) is 264 Å². The molecular weight excluding hydrogens is 1050 g/mol. The molecule has 4 heterocycles. The van der Waals surface area contributed by atoms with Crippen molar-refractivity contribution in [2.24, 2.45) is 0 Å². The van der Waals surface area contributed by atoms with Crippen LogP contribution in [0.25, 0.3) is 12.2 Å². The number of hydrogen-bond acceptors (Lipinski definition) is 22. The Kier molecular flexibility index (Phi) is 22.1. The predicted octanol–water partition coefficient (Wildman–Crippen LogP) is 2.95. The van der Waals surface area contributed by atoms with E-state index < -0.39 is 22.3 Å². The highest BCUT2D eigenvalue weighted by atomic mass is 32.2. The van der Waals surface area contributed by atoms with Crippen molar-refractivity contribution < 1.29 is 65.2 Å². The summed E-state index contributed by atoms with van der Waals surface area (Å²) >= 11 is 0.702. The van der Waals surface area contributed by atoms with E-state index in [9.17, 15) is 23.2 Å². The highest BCUT2D eigenvalue weighted by Gasteiger charge is 2.27. The van der Waals surface area contributed by atoms with Gasteiger partial charge in [0.15, 0.2) is 12.2 Å². The van der Waals surface area contributed by atoms with Crippen molar-refractivity contribution in [1.82, 2.24) is 29.9 Å². The van der Waals surface area contributed by atoms with Gasteiger partial charge in [0.25, 0.3) is 10.1 Å². The molecule has 0 spiro atoms. The molecular formula is C50H84N16O10S2+4. The molecule has 2 aliphatic heterocycles. The molecule has 6 rings (SSSR count). The van der Waals surface area contributed by atoms with E-state index in [1.165, 1.54) is 18.2 Å². The average molecular weight is 1130 g/mol. The molecule has 2 aliphatic rings. The van der Waals surface area contributed by atoms with Crippen LogP contribution in [0.3, 0.4) is 0 Å². The number of nitrogens with zero attached hydrogens (tertiary/aromatic N) is 12. The van der Waals surface area contributed by atoms with Gasteiger partial charge in [-0.05, 0) is 35.4 Å². The first-order valence-electron chi connectivity index (χ1n) is 26.1. The molecule has 28 heteroatoms. The fourth-order valence-corrected chi connectivity index (χ4v) is 10.4. The van der Waals surface area contributed by atoms with Crippen molar-refractivity contribution in [2.75, 3.05) is 207 Å². The average Bonchev–Trinajstić information content (AvgIpc) is 3.34. The van der Waals surface area contributed by atoms with Crippen LogP contribution in [0.4, 0.5) is 47.1 Å². The smallest absolute Gasteiger partial charge is 0.295 e. The van der Waals surface area contributed by atoms with E-state index in [1.807, 2.05) is 9.80 Å². The maximum Gasteiger partial charge on any atom is 0.295 e. The Hall–Kier alpha value is -5.18. The van der Waals surface area contributed by atoms with E-state index in [0.717, 1.165) is 25.9 Å². The van der Waals surface area contributed by atoms with Crippen LogP contribution in [-0.2, 0) is 29.0 Å². The summed E-state index contributed by atoms with van der Waals surface area (Å²) in [6, 6.07) is 9.68. The third-order valence-electron chi connectivity index (χ3n) is 12.6. The van der Waals surface area contributed by atoms with Crippen LogP contribution in [0.15, 0.2) is 46.2 Å². The number of aromatic nitrogens is 6. The van der Waals surface area contributed by atoms with Gasteiger partial charge in [0.1, 0.15) is 31.1 Å². The maximum atomic E-state index is 13.0. The second kappa shape index (κ2) is 27.8. The van der Waals surface area contributed by atoms with Crippen LogP contribution in [0.2, 0.25) is 0 Å². The standard InChI is InChI=1S/C50H82N16O10S2/c1-63(2,3)33-41(67)35-65(7,8)25-11-19-51-45-55-47(59-49(57-45)61-21-27-73-28-22-61)53-39-17-15-37(43(31-39)77-76-75-69)13-14-38-16-18-40(32-44(38)78(70,71)72)54-48-56-46(58-50(60-48)62-23-29-74-30-24-62)52-20-12-26-66(9,10)36-42(68)34-64(4,5)6/h13-18,31-32,41-42,67-68H,11-12,19-30,33-36H2,1-10H3,(H4-2,51,52,53,54,55,56,57,58,59,60,69,70,71,72)/q+2/p+2/b14-13+. The van der Waals surface area contributed by atoms with Crippen LogP contribution in [0.1, 0.15) is 24.0 Å². The number of likely N-dealkylation sites (N-methyl/N-ethyl adjacent to an activating group) is 4. The van der Waals surface area contributed by atoms with Gasteiger partial charge in [0, 0.05) is 68.4 Å². The summed E-state index contributed by atoms with van der Waals surface area (Å²) in [4.78, 5) is 32.2. The molecule has 0 bridgehead atoms. The molecule has 2 saturated heterocycles. The van der Waals surface area contributed by atoms with Crippen LogP contribution >= 0.6 is 12.0 Å². The Morgan fingerprint density at radius 2 is 1.05 bits per heavy atom. The molecule has 8 N–H and O–H groups in total. The molecule has 2 aromatic carbocycles.